The van der Waals surface area contributed by atoms with E-state index in [0.717, 1.165) is 44.1 Å². The number of carbonyl (C=O) groups is 1. The molecule has 23 heavy (non-hydrogen) atoms. The fourth-order valence-electron chi connectivity index (χ4n) is 3.34. The zero-order chi connectivity index (χ0) is 16.1. The molecule has 1 N–H and O–H groups in total. The molecule has 1 aliphatic heterocycles. The lowest BCUT2D eigenvalue weighted by atomic mass is 10.0. The quantitative estimate of drug-likeness (QED) is 0.840. The standard InChI is InChI=1S/C19H29N3O/c1-2-22(18-6-4-3-5-7-18)19(23)15-21-12-10-17(11-13-21)20-14-16-8-9-16/h3-7,16-17,20H,2,8-15H2,1H3. The first-order valence-electron chi connectivity index (χ1n) is 9.07. The molecule has 0 radical (unpaired) electrons. The molecular formula is C19H29N3O. The van der Waals surface area contributed by atoms with E-state index in [4.69, 9.17) is 0 Å². The molecular weight excluding hydrogens is 286 g/mol. The van der Waals surface area contributed by atoms with Crippen LogP contribution in [-0.2, 0) is 4.79 Å². The van der Waals surface area contributed by atoms with Crippen LogP contribution in [0.25, 0.3) is 0 Å². The Morgan fingerprint density at radius 3 is 2.48 bits per heavy atom. The molecule has 1 aromatic carbocycles. The van der Waals surface area contributed by atoms with E-state index in [2.05, 4.69) is 10.2 Å². The van der Waals surface area contributed by atoms with E-state index < -0.39 is 0 Å². The van der Waals surface area contributed by atoms with Crippen LogP contribution in [0.4, 0.5) is 5.69 Å². The Morgan fingerprint density at radius 2 is 1.87 bits per heavy atom. The Labute approximate surface area is 139 Å². The number of benzene rings is 1. The summed E-state index contributed by atoms with van der Waals surface area (Å²) < 4.78 is 0. The predicted octanol–water partition coefficient (Wildman–Crippen LogP) is 2.50. The Bertz CT molecular complexity index is 493. The molecule has 0 aromatic heterocycles. The van der Waals surface area contributed by atoms with Crippen molar-refractivity contribution in [3.63, 3.8) is 0 Å². The third kappa shape index (κ3) is 4.79. The molecule has 1 saturated carbocycles. The number of amides is 1. The highest BCUT2D eigenvalue weighted by Gasteiger charge is 2.25. The van der Waals surface area contributed by atoms with Crippen molar-refractivity contribution in [2.45, 2.75) is 38.6 Å². The van der Waals surface area contributed by atoms with Crippen molar-refractivity contribution in [1.29, 1.82) is 0 Å². The number of likely N-dealkylation sites (N-methyl/N-ethyl adjacent to an activating group) is 1. The monoisotopic (exact) mass is 315 g/mol. The van der Waals surface area contributed by atoms with Crippen molar-refractivity contribution in [2.24, 2.45) is 5.92 Å². The minimum Gasteiger partial charge on any atom is -0.314 e. The first-order valence-corrected chi connectivity index (χ1v) is 9.07. The molecule has 1 aromatic rings. The molecule has 2 aliphatic rings. The van der Waals surface area contributed by atoms with Crippen LogP contribution in [0.5, 0.6) is 0 Å². The molecule has 1 amide bonds. The van der Waals surface area contributed by atoms with Gasteiger partial charge in [0.2, 0.25) is 5.91 Å². The fraction of sp³-hybridized carbons (Fsp3) is 0.632. The van der Waals surface area contributed by atoms with E-state index in [1.807, 2.05) is 42.2 Å². The summed E-state index contributed by atoms with van der Waals surface area (Å²) in [6.45, 7) is 6.56. The van der Waals surface area contributed by atoms with Crippen LogP contribution >= 0.6 is 0 Å². The van der Waals surface area contributed by atoms with Gasteiger partial charge in [-0.25, -0.2) is 0 Å². The molecule has 0 unspecified atom stereocenters. The number of rotatable bonds is 7. The molecule has 3 rings (SSSR count). The van der Waals surface area contributed by atoms with Gasteiger partial charge in [0.05, 0.1) is 6.54 Å². The summed E-state index contributed by atoms with van der Waals surface area (Å²) in [6.07, 6.45) is 5.15. The van der Waals surface area contributed by atoms with Crippen LogP contribution < -0.4 is 10.2 Å². The minimum absolute atomic E-state index is 0.211. The van der Waals surface area contributed by atoms with Crippen LogP contribution in [0, 0.1) is 5.92 Å². The van der Waals surface area contributed by atoms with E-state index in [-0.39, 0.29) is 5.91 Å². The lowest BCUT2D eigenvalue weighted by Crippen LogP contribution is -2.47. The molecule has 0 bridgehead atoms. The molecule has 1 heterocycles. The molecule has 2 fully saturated rings. The van der Waals surface area contributed by atoms with Crippen molar-refractivity contribution in [3.05, 3.63) is 30.3 Å². The van der Waals surface area contributed by atoms with Crippen molar-refractivity contribution < 1.29 is 4.79 Å². The second kappa shape index (κ2) is 7.93. The van der Waals surface area contributed by atoms with E-state index in [9.17, 15) is 4.79 Å². The number of para-hydroxylation sites is 1. The molecule has 0 spiro atoms. The maximum atomic E-state index is 12.6. The van der Waals surface area contributed by atoms with Gasteiger partial charge in [0, 0.05) is 31.4 Å². The Hall–Kier alpha value is -1.39. The highest BCUT2D eigenvalue weighted by molar-refractivity contribution is 5.94. The van der Waals surface area contributed by atoms with Gasteiger partial charge in [0.25, 0.3) is 0 Å². The first kappa shape index (κ1) is 16.5. The number of nitrogens with one attached hydrogen (secondary N) is 1. The van der Waals surface area contributed by atoms with Gasteiger partial charge >= 0.3 is 0 Å². The summed E-state index contributed by atoms with van der Waals surface area (Å²) in [5.74, 6) is 1.15. The molecule has 1 aliphatic carbocycles. The highest BCUT2D eigenvalue weighted by Crippen LogP contribution is 2.28. The Morgan fingerprint density at radius 1 is 1.17 bits per heavy atom. The molecule has 4 nitrogen and oxygen atoms in total. The second-order valence-electron chi connectivity index (χ2n) is 6.88. The number of hydrogen-bond donors (Lipinski definition) is 1. The Balaban J connectivity index is 1.44. The maximum absolute atomic E-state index is 12.6. The normalized spacial score (nSPS) is 19.7. The molecule has 126 valence electrons. The fourth-order valence-corrected chi connectivity index (χ4v) is 3.34. The molecule has 0 atom stereocenters. The number of hydrogen-bond acceptors (Lipinski definition) is 3. The summed E-state index contributed by atoms with van der Waals surface area (Å²) in [5, 5.41) is 3.70. The summed E-state index contributed by atoms with van der Waals surface area (Å²) in [4.78, 5) is 16.8. The molecule has 1 saturated heterocycles. The van der Waals surface area contributed by atoms with Gasteiger partial charge in [-0.1, -0.05) is 18.2 Å². The number of anilines is 1. The van der Waals surface area contributed by atoms with E-state index in [1.54, 1.807) is 0 Å². The maximum Gasteiger partial charge on any atom is 0.241 e. The van der Waals surface area contributed by atoms with Crippen molar-refractivity contribution in [3.8, 4) is 0 Å². The van der Waals surface area contributed by atoms with Crippen LogP contribution in [0.2, 0.25) is 0 Å². The Kier molecular flexibility index (Phi) is 5.68. The SMILES string of the molecule is CCN(C(=O)CN1CCC(NCC2CC2)CC1)c1ccccc1. The topological polar surface area (TPSA) is 35.6 Å². The summed E-state index contributed by atoms with van der Waals surface area (Å²) >= 11 is 0. The highest BCUT2D eigenvalue weighted by atomic mass is 16.2. The van der Waals surface area contributed by atoms with Crippen LogP contribution in [-0.4, -0.2) is 49.6 Å². The van der Waals surface area contributed by atoms with E-state index in [0.29, 0.717) is 12.6 Å². The third-order valence-corrected chi connectivity index (χ3v) is 5.02. The lowest BCUT2D eigenvalue weighted by Gasteiger charge is -2.33. The summed E-state index contributed by atoms with van der Waals surface area (Å²) in [6, 6.07) is 10.6. The van der Waals surface area contributed by atoms with Gasteiger partial charge in [-0.15, -0.1) is 0 Å². The molecule has 4 heteroatoms. The van der Waals surface area contributed by atoms with Gasteiger partial charge in [-0.3, -0.25) is 9.69 Å². The average Bonchev–Trinajstić information content (AvgIpc) is 3.40. The van der Waals surface area contributed by atoms with Gasteiger partial charge < -0.3 is 10.2 Å². The van der Waals surface area contributed by atoms with Gasteiger partial charge in [0.15, 0.2) is 0 Å². The van der Waals surface area contributed by atoms with Gasteiger partial charge in [-0.2, -0.15) is 0 Å². The van der Waals surface area contributed by atoms with Crippen molar-refractivity contribution >= 4 is 11.6 Å². The zero-order valence-corrected chi connectivity index (χ0v) is 14.2. The third-order valence-electron chi connectivity index (χ3n) is 5.02. The number of carbonyl (C=O) groups excluding carboxylic acids is 1. The number of piperidine rings is 1. The first-order chi connectivity index (χ1) is 11.3. The van der Waals surface area contributed by atoms with E-state index >= 15 is 0 Å². The zero-order valence-electron chi connectivity index (χ0n) is 14.2. The summed E-state index contributed by atoms with van der Waals surface area (Å²) in [5.41, 5.74) is 1.00. The minimum atomic E-state index is 0.211. The largest absolute Gasteiger partial charge is 0.314 e. The van der Waals surface area contributed by atoms with Crippen molar-refractivity contribution in [2.75, 3.05) is 37.6 Å². The van der Waals surface area contributed by atoms with Crippen LogP contribution in [0.3, 0.4) is 0 Å². The predicted molar refractivity (Wildman–Crippen MR) is 94.7 cm³/mol. The van der Waals surface area contributed by atoms with Crippen LogP contribution in [0.1, 0.15) is 32.6 Å². The number of likely N-dealkylation sites (tertiary alicyclic amines) is 1. The van der Waals surface area contributed by atoms with Crippen LogP contribution in [0.15, 0.2) is 30.3 Å². The average molecular weight is 315 g/mol. The van der Waals surface area contributed by atoms with Gasteiger partial charge in [-0.05, 0) is 57.2 Å². The lowest BCUT2D eigenvalue weighted by molar-refractivity contribution is -0.120. The van der Waals surface area contributed by atoms with Crippen molar-refractivity contribution in [1.82, 2.24) is 10.2 Å². The summed E-state index contributed by atoms with van der Waals surface area (Å²) in [7, 11) is 0. The smallest absolute Gasteiger partial charge is 0.241 e. The van der Waals surface area contributed by atoms with Gasteiger partial charge in [0.1, 0.15) is 0 Å². The second-order valence-corrected chi connectivity index (χ2v) is 6.88. The number of nitrogens with zero attached hydrogens (tertiary/aromatic N) is 2. The van der Waals surface area contributed by atoms with E-state index in [1.165, 1.54) is 19.4 Å².